The second-order valence-corrected chi connectivity index (χ2v) is 8.69. The van der Waals surface area contributed by atoms with E-state index in [4.69, 9.17) is 4.74 Å². The fourth-order valence-electron chi connectivity index (χ4n) is 3.55. The van der Waals surface area contributed by atoms with E-state index in [0.29, 0.717) is 17.2 Å². The lowest BCUT2D eigenvalue weighted by molar-refractivity contribution is -0.118. The number of benzene rings is 1. The normalized spacial score (nSPS) is 11.0. The quantitative estimate of drug-likeness (QED) is 0.306. The summed E-state index contributed by atoms with van der Waals surface area (Å²) in [5.41, 5.74) is 9.88. The van der Waals surface area contributed by atoms with E-state index in [1.165, 1.54) is 17.3 Å². The first-order chi connectivity index (χ1) is 15.8. The number of thioether (sulfide) groups is 1. The number of hydrogen-bond acceptors (Lipinski definition) is 6. The number of pyridine rings is 1. The zero-order valence-corrected chi connectivity index (χ0v) is 20.3. The second-order valence-electron chi connectivity index (χ2n) is 7.73. The van der Waals surface area contributed by atoms with Gasteiger partial charge >= 0.3 is 0 Å². The highest BCUT2D eigenvalue weighted by Crippen LogP contribution is 2.24. The molecule has 33 heavy (non-hydrogen) atoms. The minimum Gasteiger partial charge on any atom is -0.380 e. The van der Waals surface area contributed by atoms with Crippen LogP contribution in [0.4, 0.5) is 0 Å². The van der Waals surface area contributed by atoms with Crippen LogP contribution in [0.3, 0.4) is 0 Å². The minimum atomic E-state index is -0.274. The number of hydrogen-bond donors (Lipinski definition) is 1. The number of nitriles is 1. The molecule has 3 rings (SSSR count). The van der Waals surface area contributed by atoms with Crippen molar-refractivity contribution in [3.8, 4) is 11.8 Å². The number of carbonyl (C=O) groups excluding carboxylic acids is 1. The highest BCUT2D eigenvalue weighted by Gasteiger charge is 2.14. The number of amides is 1. The van der Waals surface area contributed by atoms with Gasteiger partial charge in [0.2, 0.25) is 5.91 Å². The van der Waals surface area contributed by atoms with Crippen molar-refractivity contribution >= 4 is 23.9 Å². The molecule has 0 radical (unpaired) electrons. The number of methoxy groups -OCH3 is 1. The molecule has 0 unspecified atom stereocenters. The Labute approximate surface area is 198 Å². The third-order valence-corrected chi connectivity index (χ3v) is 6.08. The van der Waals surface area contributed by atoms with Crippen LogP contribution in [0.15, 0.2) is 46.5 Å². The molecule has 0 aliphatic carbocycles. The fourth-order valence-corrected chi connectivity index (χ4v) is 4.41. The van der Waals surface area contributed by atoms with E-state index in [9.17, 15) is 10.1 Å². The Morgan fingerprint density at radius 2 is 1.97 bits per heavy atom. The molecular weight excluding hydrogens is 434 g/mol. The summed E-state index contributed by atoms with van der Waals surface area (Å²) in [6.45, 7) is 8.29. The van der Waals surface area contributed by atoms with Gasteiger partial charge in [-0.25, -0.2) is 10.4 Å². The van der Waals surface area contributed by atoms with E-state index in [1.807, 2.05) is 32.9 Å². The molecule has 0 aliphatic heterocycles. The SMILES string of the molecule is COCc1cc(C)nc(SCC(=O)N/N=C\c2cc(C)n(-c3ccc(C)cc3)c2C)c1C#N. The van der Waals surface area contributed by atoms with Gasteiger partial charge in [-0.3, -0.25) is 4.79 Å². The summed E-state index contributed by atoms with van der Waals surface area (Å²) in [6.07, 6.45) is 1.65. The second kappa shape index (κ2) is 10.9. The van der Waals surface area contributed by atoms with E-state index in [1.54, 1.807) is 13.3 Å². The van der Waals surface area contributed by atoms with Crippen molar-refractivity contribution in [3.05, 3.63) is 75.7 Å². The average Bonchev–Trinajstić information content (AvgIpc) is 3.06. The van der Waals surface area contributed by atoms with Crippen molar-refractivity contribution in [1.82, 2.24) is 15.0 Å². The molecule has 2 aromatic heterocycles. The predicted molar refractivity (Wildman–Crippen MR) is 131 cm³/mol. The van der Waals surface area contributed by atoms with E-state index in [0.717, 1.165) is 33.9 Å². The third-order valence-electron chi connectivity index (χ3n) is 5.10. The van der Waals surface area contributed by atoms with Gasteiger partial charge < -0.3 is 9.30 Å². The lowest BCUT2D eigenvalue weighted by atomic mass is 10.1. The van der Waals surface area contributed by atoms with Gasteiger partial charge in [-0.05, 0) is 57.5 Å². The number of rotatable bonds is 8. The maximum absolute atomic E-state index is 12.3. The van der Waals surface area contributed by atoms with Gasteiger partial charge in [0, 0.05) is 35.4 Å². The molecule has 1 aromatic carbocycles. The molecule has 8 heteroatoms. The Kier molecular flexibility index (Phi) is 8.04. The first-order valence-corrected chi connectivity index (χ1v) is 11.4. The van der Waals surface area contributed by atoms with Crippen LogP contribution in [0.1, 0.15) is 39.3 Å². The molecule has 0 bridgehead atoms. The summed E-state index contributed by atoms with van der Waals surface area (Å²) >= 11 is 1.21. The van der Waals surface area contributed by atoms with Crippen molar-refractivity contribution in [2.45, 2.75) is 39.3 Å². The number of aryl methyl sites for hydroxylation is 3. The van der Waals surface area contributed by atoms with Crippen molar-refractivity contribution in [2.75, 3.05) is 12.9 Å². The fraction of sp³-hybridized carbons (Fsp3) is 0.280. The van der Waals surface area contributed by atoms with Crippen LogP contribution in [-0.2, 0) is 16.1 Å². The molecule has 0 fully saturated rings. The lowest BCUT2D eigenvalue weighted by Gasteiger charge is -2.10. The van der Waals surface area contributed by atoms with E-state index >= 15 is 0 Å². The van der Waals surface area contributed by atoms with Crippen LogP contribution < -0.4 is 5.43 Å². The smallest absolute Gasteiger partial charge is 0.250 e. The van der Waals surface area contributed by atoms with Gasteiger partial charge in [0.05, 0.1) is 24.1 Å². The molecule has 0 spiro atoms. The standard InChI is InChI=1S/C25H27N5O2S/c1-16-6-8-22(9-7-16)30-18(3)11-20(19(30)4)13-27-29-24(31)15-33-25-23(12-26)21(14-32-5)10-17(2)28-25/h6-11,13H,14-15H2,1-5H3,(H,29,31)/b27-13-. The van der Waals surface area contributed by atoms with Crippen molar-refractivity contribution in [1.29, 1.82) is 5.26 Å². The number of carbonyl (C=O) groups is 1. The molecule has 1 N–H and O–H groups in total. The Hall–Kier alpha value is -3.41. The summed E-state index contributed by atoms with van der Waals surface area (Å²) in [5.74, 6) is -0.179. The molecular formula is C25H27N5O2S. The minimum absolute atomic E-state index is 0.0945. The van der Waals surface area contributed by atoms with Crippen LogP contribution in [-0.4, -0.2) is 34.5 Å². The Morgan fingerprint density at radius 1 is 1.24 bits per heavy atom. The van der Waals surface area contributed by atoms with Crippen LogP contribution in [0.5, 0.6) is 0 Å². The summed E-state index contributed by atoms with van der Waals surface area (Å²) in [5, 5.41) is 14.2. The molecule has 0 atom stereocenters. The van der Waals surface area contributed by atoms with E-state index in [-0.39, 0.29) is 11.7 Å². The predicted octanol–water partition coefficient (Wildman–Crippen LogP) is 4.37. The van der Waals surface area contributed by atoms with Gasteiger partial charge in [0.25, 0.3) is 0 Å². The van der Waals surface area contributed by atoms with Crippen LogP contribution in [0, 0.1) is 39.0 Å². The summed E-state index contributed by atoms with van der Waals surface area (Å²) in [7, 11) is 1.58. The summed E-state index contributed by atoms with van der Waals surface area (Å²) in [4.78, 5) is 16.7. The molecule has 7 nitrogen and oxygen atoms in total. The van der Waals surface area contributed by atoms with Gasteiger partial charge in [-0.2, -0.15) is 10.4 Å². The number of aromatic nitrogens is 2. The first kappa shape index (κ1) is 24.2. The molecule has 3 aromatic rings. The third kappa shape index (κ3) is 5.89. The van der Waals surface area contributed by atoms with E-state index < -0.39 is 0 Å². The Bertz CT molecular complexity index is 1220. The Balaban J connectivity index is 1.65. The van der Waals surface area contributed by atoms with Crippen LogP contribution >= 0.6 is 11.8 Å². The molecule has 0 saturated carbocycles. The summed E-state index contributed by atoms with van der Waals surface area (Å²) < 4.78 is 7.32. The monoisotopic (exact) mass is 461 g/mol. The maximum atomic E-state index is 12.3. The average molecular weight is 462 g/mol. The summed E-state index contributed by atoms with van der Waals surface area (Å²) in [6, 6.07) is 14.4. The zero-order chi connectivity index (χ0) is 24.0. The van der Waals surface area contributed by atoms with Crippen molar-refractivity contribution < 1.29 is 9.53 Å². The lowest BCUT2D eigenvalue weighted by Crippen LogP contribution is -2.20. The highest BCUT2D eigenvalue weighted by molar-refractivity contribution is 8.00. The molecule has 0 saturated heterocycles. The van der Waals surface area contributed by atoms with Crippen LogP contribution in [0.25, 0.3) is 5.69 Å². The zero-order valence-electron chi connectivity index (χ0n) is 19.5. The first-order valence-electron chi connectivity index (χ1n) is 10.4. The van der Waals surface area contributed by atoms with Gasteiger partial charge in [-0.15, -0.1) is 0 Å². The van der Waals surface area contributed by atoms with Crippen LogP contribution in [0.2, 0.25) is 0 Å². The number of nitrogens with one attached hydrogen (secondary N) is 1. The number of ether oxygens (including phenoxy) is 1. The van der Waals surface area contributed by atoms with Crippen molar-refractivity contribution in [2.24, 2.45) is 5.10 Å². The van der Waals surface area contributed by atoms with Gasteiger partial charge in [0.1, 0.15) is 11.1 Å². The molecule has 170 valence electrons. The molecule has 2 heterocycles. The number of nitrogens with zero attached hydrogens (tertiary/aromatic N) is 4. The van der Waals surface area contributed by atoms with Gasteiger partial charge in [-0.1, -0.05) is 29.5 Å². The van der Waals surface area contributed by atoms with Crippen molar-refractivity contribution in [3.63, 3.8) is 0 Å². The molecule has 1 amide bonds. The maximum Gasteiger partial charge on any atom is 0.250 e. The Morgan fingerprint density at radius 3 is 2.64 bits per heavy atom. The highest BCUT2D eigenvalue weighted by atomic mass is 32.2. The van der Waals surface area contributed by atoms with Gasteiger partial charge in [0.15, 0.2) is 0 Å². The topological polar surface area (TPSA) is 92.3 Å². The molecule has 0 aliphatic rings. The largest absolute Gasteiger partial charge is 0.380 e. The van der Waals surface area contributed by atoms with E-state index in [2.05, 4.69) is 57.3 Å². The number of hydrazone groups is 1.